The summed E-state index contributed by atoms with van der Waals surface area (Å²) in [5, 5.41) is 3.06. The highest BCUT2D eigenvalue weighted by atomic mass is 35.5. The molecule has 1 aliphatic rings. The van der Waals surface area contributed by atoms with Crippen LogP contribution in [0.5, 0.6) is 0 Å². The molecule has 2 rings (SSSR count). The van der Waals surface area contributed by atoms with Gasteiger partial charge in [-0.1, -0.05) is 11.6 Å². The van der Waals surface area contributed by atoms with E-state index in [0.29, 0.717) is 31.9 Å². The van der Waals surface area contributed by atoms with E-state index in [1.165, 1.54) is 12.3 Å². The van der Waals surface area contributed by atoms with Crippen LogP contribution in [0.2, 0.25) is 5.02 Å². The van der Waals surface area contributed by atoms with Gasteiger partial charge in [-0.05, 0) is 18.9 Å². The molecule has 1 fully saturated rings. The van der Waals surface area contributed by atoms with Crippen molar-refractivity contribution < 1.29 is 13.2 Å². The molecule has 1 aromatic heterocycles. The molecule has 2 heterocycles. The van der Waals surface area contributed by atoms with Gasteiger partial charge in [-0.25, -0.2) is 18.1 Å². The van der Waals surface area contributed by atoms with Crippen molar-refractivity contribution in [3.63, 3.8) is 0 Å². The lowest BCUT2D eigenvalue weighted by Crippen LogP contribution is -2.38. The minimum Gasteiger partial charge on any atom is -0.381 e. The number of ether oxygens (including phenoxy) is 1. The third kappa shape index (κ3) is 3.56. The molecule has 0 radical (unpaired) electrons. The molecule has 6 nitrogen and oxygen atoms in total. The lowest BCUT2D eigenvalue weighted by atomic mass is 10.1. The van der Waals surface area contributed by atoms with E-state index in [4.69, 9.17) is 16.3 Å². The predicted molar refractivity (Wildman–Crippen MR) is 73.0 cm³/mol. The fraction of sp³-hybridized carbons (Fsp3) is 0.545. The summed E-state index contributed by atoms with van der Waals surface area (Å²) >= 11 is 5.94. The first-order valence-corrected chi connectivity index (χ1v) is 7.82. The van der Waals surface area contributed by atoms with Crippen molar-refractivity contribution >= 4 is 27.4 Å². The van der Waals surface area contributed by atoms with Crippen LogP contribution in [0.1, 0.15) is 12.8 Å². The molecule has 1 aromatic rings. The Morgan fingerprint density at radius 2 is 2.11 bits per heavy atom. The number of pyridine rings is 1. The molecule has 1 aliphatic heterocycles. The Morgan fingerprint density at radius 1 is 1.42 bits per heavy atom. The van der Waals surface area contributed by atoms with Crippen molar-refractivity contribution in [2.24, 2.45) is 0 Å². The molecule has 0 aliphatic carbocycles. The molecule has 19 heavy (non-hydrogen) atoms. The number of anilines is 1. The molecule has 0 atom stereocenters. The van der Waals surface area contributed by atoms with Crippen molar-refractivity contribution in [2.75, 3.05) is 25.6 Å². The Labute approximate surface area is 117 Å². The molecule has 2 N–H and O–H groups in total. The lowest BCUT2D eigenvalue weighted by Gasteiger charge is -2.22. The highest BCUT2D eigenvalue weighted by Crippen LogP contribution is 2.22. The SMILES string of the molecule is CNc1ncc(S(=O)(=O)NC2CCOCC2)cc1Cl. The smallest absolute Gasteiger partial charge is 0.242 e. The Morgan fingerprint density at radius 3 is 2.68 bits per heavy atom. The lowest BCUT2D eigenvalue weighted by molar-refractivity contribution is 0.0832. The van der Waals surface area contributed by atoms with Crippen LogP contribution >= 0.6 is 11.6 Å². The number of sulfonamides is 1. The topological polar surface area (TPSA) is 80.3 Å². The van der Waals surface area contributed by atoms with E-state index in [0.717, 1.165) is 0 Å². The fourth-order valence-electron chi connectivity index (χ4n) is 1.85. The minimum absolute atomic E-state index is 0.0722. The molecule has 1 saturated heterocycles. The molecule has 0 aromatic carbocycles. The first kappa shape index (κ1) is 14.5. The minimum atomic E-state index is -3.59. The van der Waals surface area contributed by atoms with Crippen LogP contribution in [0.25, 0.3) is 0 Å². The Balaban J connectivity index is 2.16. The van der Waals surface area contributed by atoms with Gasteiger partial charge in [0.2, 0.25) is 10.0 Å². The van der Waals surface area contributed by atoms with Gasteiger partial charge in [-0.15, -0.1) is 0 Å². The van der Waals surface area contributed by atoms with Crippen LogP contribution in [0.3, 0.4) is 0 Å². The Bertz CT molecular complexity index is 544. The molecular weight excluding hydrogens is 290 g/mol. The van der Waals surface area contributed by atoms with E-state index >= 15 is 0 Å². The van der Waals surface area contributed by atoms with Crippen molar-refractivity contribution in [3.05, 3.63) is 17.3 Å². The monoisotopic (exact) mass is 305 g/mol. The molecule has 0 unspecified atom stereocenters. The third-order valence-electron chi connectivity index (χ3n) is 2.91. The number of rotatable bonds is 4. The first-order chi connectivity index (χ1) is 9.03. The van der Waals surface area contributed by atoms with Gasteiger partial charge in [0.25, 0.3) is 0 Å². The number of hydrogen-bond acceptors (Lipinski definition) is 5. The summed E-state index contributed by atoms with van der Waals surface area (Å²) in [6.45, 7) is 1.15. The number of nitrogens with zero attached hydrogens (tertiary/aromatic N) is 1. The summed E-state index contributed by atoms with van der Waals surface area (Å²) in [5.41, 5.74) is 0. The van der Waals surface area contributed by atoms with Gasteiger partial charge in [0.05, 0.1) is 5.02 Å². The van der Waals surface area contributed by atoms with Gasteiger partial charge >= 0.3 is 0 Å². The number of hydrogen-bond donors (Lipinski definition) is 2. The second kappa shape index (κ2) is 6.04. The van der Waals surface area contributed by atoms with Gasteiger partial charge in [-0.2, -0.15) is 0 Å². The van der Waals surface area contributed by atoms with Crippen LogP contribution in [-0.2, 0) is 14.8 Å². The van der Waals surface area contributed by atoms with Crippen LogP contribution in [0.4, 0.5) is 5.82 Å². The van der Waals surface area contributed by atoms with Crippen molar-refractivity contribution in [3.8, 4) is 0 Å². The standard InChI is InChI=1S/C11H16ClN3O3S/c1-13-11-10(12)6-9(7-14-11)19(16,17)15-8-2-4-18-5-3-8/h6-8,15H,2-5H2,1H3,(H,13,14). The van der Waals surface area contributed by atoms with Crippen molar-refractivity contribution in [1.29, 1.82) is 0 Å². The Hall–Kier alpha value is -0.890. The van der Waals surface area contributed by atoms with Crippen LogP contribution in [0, 0.1) is 0 Å². The second-order valence-electron chi connectivity index (χ2n) is 4.26. The van der Waals surface area contributed by atoms with Gasteiger partial charge in [-0.3, -0.25) is 0 Å². The van der Waals surface area contributed by atoms with Crippen LogP contribution < -0.4 is 10.0 Å². The van der Waals surface area contributed by atoms with Crippen molar-refractivity contribution in [1.82, 2.24) is 9.71 Å². The maximum absolute atomic E-state index is 12.2. The van der Waals surface area contributed by atoms with Gasteiger partial charge < -0.3 is 10.1 Å². The van der Waals surface area contributed by atoms with Gasteiger partial charge in [0.15, 0.2) is 0 Å². The summed E-state index contributed by atoms with van der Waals surface area (Å²) in [6, 6.07) is 1.30. The maximum atomic E-state index is 12.2. The molecule has 8 heteroatoms. The average Bonchev–Trinajstić information content (AvgIpc) is 2.39. The highest BCUT2D eigenvalue weighted by Gasteiger charge is 2.23. The average molecular weight is 306 g/mol. The Kier molecular flexibility index (Phi) is 4.62. The zero-order chi connectivity index (χ0) is 13.9. The molecular formula is C11H16ClN3O3S. The van der Waals surface area contributed by atoms with Gasteiger partial charge in [0, 0.05) is 32.5 Å². The highest BCUT2D eigenvalue weighted by molar-refractivity contribution is 7.89. The molecule has 0 amide bonds. The predicted octanol–water partition coefficient (Wildman–Crippen LogP) is 1.23. The fourth-order valence-corrected chi connectivity index (χ4v) is 3.45. The van der Waals surface area contributed by atoms with Crippen LogP contribution in [-0.4, -0.2) is 39.7 Å². The summed E-state index contributed by atoms with van der Waals surface area (Å²) in [7, 11) is -1.92. The first-order valence-electron chi connectivity index (χ1n) is 5.96. The quantitative estimate of drug-likeness (QED) is 0.874. The van der Waals surface area contributed by atoms with E-state index in [9.17, 15) is 8.42 Å². The molecule has 106 valence electrons. The normalized spacial score (nSPS) is 17.4. The summed E-state index contributed by atoms with van der Waals surface area (Å²) in [4.78, 5) is 4.04. The van der Waals surface area contributed by atoms with E-state index in [-0.39, 0.29) is 16.0 Å². The summed E-state index contributed by atoms with van der Waals surface area (Å²) < 4.78 is 32.2. The van der Waals surface area contributed by atoms with E-state index in [1.807, 2.05) is 0 Å². The molecule has 0 saturated carbocycles. The van der Waals surface area contributed by atoms with E-state index in [1.54, 1.807) is 7.05 Å². The zero-order valence-electron chi connectivity index (χ0n) is 10.5. The van der Waals surface area contributed by atoms with Crippen LogP contribution in [0.15, 0.2) is 17.2 Å². The summed E-state index contributed by atoms with van der Waals surface area (Å²) in [5.74, 6) is 0.451. The largest absolute Gasteiger partial charge is 0.381 e. The van der Waals surface area contributed by atoms with E-state index < -0.39 is 10.0 Å². The zero-order valence-corrected chi connectivity index (χ0v) is 12.1. The molecule has 0 spiro atoms. The maximum Gasteiger partial charge on any atom is 0.242 e. The number of nitrogens with one attached hydrogen (secondary N) is 2. The number of aromatic nitrogens is 1. The third-order valence-corrected chi connectivity index (χ3v) is 4.68. The van der Waals surface area contributed by atoms with E-state index in [2.05, 4.69) is 15.0 Å². The molecule has 0 bridgehead atoms. The van der Waals surface area contributed by atoms with Crippen molar-refractivity contribution in [2.45, 2.75) is 23.8 Å². The second-order valence-corrected chi connectivity index (χ2v) is 6.38. The van der Waals surface area contributed by atoms with Gasteiger partial charge in [0.1, 0.15) is 10.7 Å². The number of halogens is 1. The summed E-state index contributed by atoms with van der Waals surface area (Å²) in [6.07, 6.45) is 2.64.